The van der Waals surface area contributed by atoms with E-state index in [1.165, 1.54) is 44.5 Å². The Labute approximate surface area is 177 Å². The molecule has 0 saturated heterocycles. The highest BCUT2D eigenvalue weighted by Crippen LogP contribution is 2.44. The molecule has 0 bridgehead atoms. The Hall–Kier alpha value is -3.64. The molecule has 30 heavy (non-hydrogen) atoms. The lowest BCUT2D eigenvalue weighted by Gasteiger charge is -2.21. The maximum absolute atomic E-state index is 2.34. The van der Waals surface area contributed by atoms with Crippen LogP contribution in [0.1, 0.15) is 45.2 Å². The molecular formula is C30H22. The zero-order valence-electron chi connectivity index (χ0n) is 16.7. The van der Waals surface area contributed by atoms with Crippen molar-refractivity contribution in [1.29, 1.82) is 0 Å². The highest BCUT2D eigenvalue weighted by molar-refractivity contribution is 5.78. The van der Waals surface area contributed by atoms with Gasteiger partial charge in [0.2, 0.25) is 0 Å². The van der Waals surface area contributed by atoms with Gasteiger partial charge in [0.05, 0.1) is 0 Å². The number of hydrogen-bond donors (Lipinski definition) is 0. The lowest BCUT2D eigenvalue weighted by Crippen LogP contribution is -2.02. The van der Waals surface area contributed by atoms with Gasteiger partial charge < -0.3 is 0 Å². The van der Waals surface area contributed by atoms with Gasteiger partial charge >= 0.3 is 0 Å². The summed E-state index contributed by atoms with van der Waals surface area (Å²) in [5.74, 6) is 0.605. The average molecular weight is 383 g/mol. The van der Waals surface area contributed by atoms with Crippen LogP contribution < -0.4 is 0 Å². The minimum absolute atomic E-state index is 0.303. The van der Waals surface area contributed by atoms with E-state index in [9.17, 15) is 0 Å². The third-order valence-electron chi connectivity index (χ3n) is 6.48. The van der Waals surface area contributed by atoms with Gasteiger partial charge in [0.25, 0.3) is 0 Å². The lowest BCUT2D eigenvalue weighted by molar-refractivity contribution is 1.03. The second-order valence-corrected chi connectivity index (χ2v) is 8.11. The first-order valence-electron chi connectivity index (χ1n) is 10.6. The predicted octanol–water partition coefficient (Wildman–Crippen LogP) is 7.67. The third kappa shape index (κ3) is 2.69. The highest BCUT2D eigenvalue weighted by Gasteiger charge is 2.25. The summed E-state index contributed by atoms with van der Waals surface area (Å²) in [5.41, 5.74) is 10.9. The van der Waals surface area contributed by atoms with Crippen molar-refractivity contribution >= 4 is 12.2 Å². The van der Waals surface area contributed by atoms with Gasteiger partial charge in [-0.25, -0.2) is 0 Å². The third-order valence-corrected chi connectivity index (χ3v) is 6.48. The number of fused-ring (bicyclic) bond motifs is 2. The normalized spacial score (nSPS) is 18.4. The molecule has 2 unspecified atom stereocenters. The van der Waals surface area contributed by atoms with E-state index in [-0.39, 0.29) is 0 Å². The van der Waals surface area contributed by atoms with Gasteiger partial charge in [0.1, 0.15) is 0 Å². The minimum Gasteiger partial charge on any atom is -0.0720 e. The molecule has 0 heteroatoms. The Morgan fingerprint density at radius 3 is 1.20 bits per heavy atom. The standard InChI is InChI=1S/C30H22/c1-3-11-23-21(9-1)17-19-29(23)27-15-7-5-13-25(27)26-14-6-8-16-28(26)30-20-18-22-10-2-4-12-24(22)30/h1-20,29-30H. The second kappa shape index (κ2) is 7.00. The van der Waals surface area contributed by atoms with Crippen LogP contribution in [0.2, 0.25) is 0 Å². The molecular weight excluding hydrogens is 360 g/mol. The van der Waals surface area contributed by atoms with Crippen molar-refractivity contribution in [2.45, 2.75) is 11.8 Å². The molecule has 4 aromatic carbocycles. The Balaban J connectivity index is 1.51. The summed E-state index contributed by atoms with van der Waals surface area (Å²) in [6, 6.07) is 35.3. The summed E-state index contributed by atoms with van der Waals surface area (Å²) < 4.78 is 0. The van der Waals surface area contributed by atoms with Gasteiger partial charge in [-0.15, -0.1) is 0 Å². The van der Waals surface area contributed by atoms with Crippen LogP contribution in [0, 0.1) is 0 Å². The van der Waals surface area contributed by atoms with Crippen LogP contribution >= 0.6 is 0 Å². The largest absolute Gasteiger partial charge is 0.0720 e. The second-order valence-electron chi connectivity index (χ2n) is 8.11. The summed E-state index contributed by atoms with van der Waals surface area (Å²) in [6.45, 7) is 0. The van der Waals surface area contributed by atoms with Gasteiger partial charge in [0.15, 0.2) is 0 Å². The van der Waals surface area contributed by atoms with E-state index in [0.29, 0.717) is 11.8 Å². The molecule has 0 nitrogen and oxygen atoms in total. The molecule has 0 fully saturated rings. The Morgan fingerprint density at radius 1 is 0.367 bits per heavy atom. The first-order chi connectivity index (χ1) is 14.9. The fraction of sp³-hybridized carbons (Fsp3) is 0.0667. The topological polar surface area (TPSA) is 0 Å². The molecule has 0 radical (unpaired) electrons. The molecule has 0 heterocycles. The molecule has 0 aromatic heterocycles. The van der Waals surface area contributed by atoms with Crippen molar-refractivity contribution in [3.63, 3.8) is 0 Å². The van der Waals surface area contributed by atoms with Crippen molar-refractivity contribution in [3.8, 4) is 11.1 Å². The van der Waals surface area contributed by atoms with Crippen molar-refractivity contribution < 1.29 is 0 Å². The smallest absolute Gasteiger partial charge is 0.0284 e. The Kier molecular flexibility index (Phi) is 4.02. The van der Waals surface area contributed by atoms with Gasteiger partial charge in [-0.1, -0.05) is 121 Å². The van der Waals surface area contributed by atoms with Crippen molar-refractivity contribution in [2.75, 3.05) is 0 Å². The summed E-state index contributed by atoms with van der Waals surface area (Å²) in [7, 11) is 0. The number of benzene rings is 4. The average Bonchev–Trinajstić information content (AvgIpc) is 3.44. The van der Waals surface area contributed by atoms with E-state index in [1.807, 2.05) is 0 Å². The van der Waals surface area contributed by atoms with Crippen molar-refractivity contribution in [2.24, 2.45) is 0 Å². The quantitative estimate of drug-likeness (QED) is 0.341. The number of hydrogen-bond acceptors (Lipinski definition) is 0. The van der Waals surface area contributed by atoms with Crippen molar-refractivity contribution in [1.82, 2.24) is 0 Å². The Bertz CT molecular complexity index is 1200. The fourth-order valence-corrected chi connectivity index (χ4v) is 5.07. The molecule has 0 aliphatic heterocycles. The summed E-state index contributed by atoms with van der Waals surface area (Å²) >= 11 is 0. The SMILES string of the molecule is C1=CC(c2ccccc2-c2ccccc2C2C=Cc3ccccc32)c2ccccc21. The van der Waals surface area contributed by atoms with Crippen LogP contribution in [0.4, 0.5) is 0 Å². The molecule has 0 amide bonds. The fourth-order valence-electron chi connectivity index (χ4n) is 5.07. The van der Waals surface area contributed by atoms with E-state index < -0.39 is 0 Å². The van der Waals surface area contributed by atoms with Crippen LogP contribution in [0.5, 0.6) is 0 Å². The summed E-state index contributed by atoms with van der Waals surface area (Å²) in [6.07, 6.45) is 9.21. The number of rotatable bonds is 3. The molecule has 6 rings (SSSR count). The monoisotopic (exact) mass is 382 g/mol. The number of allylic oxidation sites excluding steroid dienone is 2. The highest BCUT2D eigenvalue weighted by atomic mass is 14.3. The summed E-state index contributed by atoms with van der Waals surface area (Å²) in [4.78, 5) is 0. The first-order valence-corrected chi connectivity index (χ1v) is 10.6. The molecule has 0 spiro atoms. The zero-order chi connectivity index (χ0) is 19.9. The minimum atomic E-state index is 0.303. The van der Waals surface area contributed by atoms with Crippen LogP contribution in [0.15, 0.2) is 109 Å². The zero-order valence-corrected chi connectivity index (χ0v) is 16.7. The van der Waals surface area contributed by atoms with Crippen LogP contribution in [-0.4, -0.2) is 0 Å². The molecule has 2 atom stereocenters. The predicted molar refractivity (Wildman–Crippen MR) is 127 cm³/mol. The summed E-state index contributed by atoms with van der Waals surface area (Å²) in [5, 5.41) is 0. The molecule has 2 aliphatic carbocycles. The van der Waals surface area contributed by atoms with Crippen molar-refractivity contribution in [3.05, 3.63) is 143 Å². The van der Waals surface area contributed by atoms with Crippen LogP contribution in [-0.2, 0) is 0 Å². The maximum Gasteiger partial charge on any atom is 0.0284 e. The molecule has 142 valence electrons. The molecule has 4 aromatic rings. The first kappa shape index (κ1) is 17.2. The maximum atomic E-state index is 2.34. The van der Waals surface area contributed by atoms with Gasteiger partial charge in [0, 0.05) is 11.8 Å². The molecule has 0 saturated carbocycles. The van der Waals surface area contributed by atoms with E-state index in [2.05, 4.69) is 121 Å². The molecule has 0 N–H and O–H groups in total. The van der Waals surface area contributed by atoms with E-state index in [0.717, 1.165) is 0 Å². The van der Waals surface area contributed by atoms with E-state index >= 15 is 0 Å². The van der Waals surface area contributed by atoms with Crippen LogP contribution in [0.25, 0.3) is 23.3 Å². The van der Waals surface area contributed by atoms with E-state index in [4.69, 9.17) is 0 Å². The van der Waals surface area contributed by atoms with E-state index in [1.54, 1.807) is 0 Å². The molecule has 2 aliphatic rings. The van der Waals surface area contributed by atoms with Gasteiger partial charge in [-0.3, -0.25) is 0 Å². The lowest BCUT2D eigenvalue weighted by atomic mass is 9.82. The van der Waals surface area contributed by atoms with Gasteiger partial charge in [-0.2, -0.15) is 0 Å². The Morgan fingerprint density at radius 2 is 0.733 bits per heavy atom. The van der Waals surface area contributed by atoms with Crippen LogP contribution in [0.3, 0.4) is 0 Å². The van der Waals surface area contributed by atoms with Gasteiger partial charge in [-0.05, 0) is 44.5 Å².